The summed E-state index contributed by atoms with van der Waals surface area (Å²) in [5, 5.41) is 14.0. The molecule has 0 unspecified atom stereocenters. The van der Waals surface area contributed by atoms with Gasteiger partial charge in [-0.15, -0.1) is 0 Å². The summed E-state index contributed by atoms with van der Waals surface area (Å²) in [5.74, 6) is 0.0956. The monoisotopic (exact) mass is 310 g/mol. The lowest BCUT2D eigenvalue weighted by Gasteiger charge is -2.36. The Morgan fingerprint density at radius 2 is 2.09 bits per heavy atom. The van der Waals surface area contributed by atoms with Gasteiger partial charge in [-0.3, -0.25) is 14.4 Å². The van der Waals surface area contributed by atoms with E-state index in [1.54, 1.807) is 10.9 Å². The van der Waals surface area contributed by atoms with Crippen molar-refractivity contribution in [2.24, 2.45) is 0 Å². The fraction of sp³-hybridized carbons (Fsp3) is 0.733. The minimum absolute atomic E-state index is 0.0956. The van der Waals surface area contributed by atoms with Gasteiger partial charge in [0.15, 0.2) is 0 Å². The first kappa shape index (κ1) is 16.9. The second-order valence-electron chi connectivity index (χ2n) is 5.60. The van der Waals surface area contributed by atoms with Gasteiger partial charge in [0, 0.05) is 51.7 Å². The summed E-state index contributed by atoms with van der Waals surface area (Å²) in [6.07, 6.45) is 3.02. The van der Waals surface area contributed by atoms with Crippen LogP contribution in [0.25, 0.3) is 0 Å². The molecule has 1 aliphatic rings. The summed E-state index contributed by atoms with van der Waals surface area (Å²) in [7, 11) is 0. The van der Waals surface area contributed by atoms with Crippen molar-refractivity contribution in [3.8, 4) is 0 Å². The van der Waals surface area contributed by atoms with Gasteiger partial charge in [0.2, 0.25) is 5.91 Å². The Labute approximate surface area is 131 Å². The summed E-state index contributed by atoms with van der Waals surface area (Å²) < 4.78 is 6.90. The van der Waals surface area contributed by atoms with Gasteiger partial charge in [-0.05, 0) is 19.9 Å². The summed E-state index contributed by atoms with van der Waals surface area (Å²) >= 11 is 0. The molecule has 1 N–H and O–H groups in total. The molecular weight excluding hydrogens is 284 g/mol. The summed E-state index contributed by atoms with van der Waals surface area (Å²) in [4.78, 5) is 16.5. The highest BCUT2D eigenvalue weighted by Gasteiger charge is 2.26. The number of carbonyl (C=O) groups is 1. The molecule has 0 aromatic carbocycles. The van der Waals surface area contributed by atoms with Crippen molar-refractivity contribution in [2.75, 3.05) is 45.9 Å². The van der Waals surface area contributed by atoms with E-state index in [9.17, 15) is 9.90 Å². The number of aliphatic hydroxyl groups excluding tert-OH is 1. The van der Waals surface area contributed by atoms with Crippen LogP contribution in [0.1, 0.15) is 19.9 Å². The van der Waals surface area contributed by atoms with Crippen molar-refractivity contribution in [1.29, 1.82) is 0 Å². The number of hydrogen-bond donors (Lipinski definition) is 1. The molecule has 2 rings (SSSR count). The molecule has 2 heterocycles. The maximum absolute atomic E-state index is 12.4. The third kappa shape index (κ3) is 4.53. The first-order chi connectivity index (χ1) is 10.6. The molecule has 7 heteroatoms. The quantitative estimate of drug-likeness (QED) is 0.767. The molecule has 0 saturated carbocycles. The van der Waals surface area contributed by atoms with E-state index in [1.165, 1.54) is 0 Å². The molecule has 0 radical (unpaired) electrons. The van der Waals surface area contributed by atoms with E-state index >= 15 is 0 Å². The molecule has 1 aromatic heterocycles. The lowest BCUT2D eigenvalue weighted by Crippen LogP contribution is -2.52. The summed E-state index contributed by atoms with van der Waals surface area (Å²) in [5.41, 5.74) is 0. The maximum Gasteiger partial charge on any atom is 0.247 e. The van der Waals surface area contributed by atoms with E-state index in [2.05, 4.69) is 10.00 Å². The molecule has 124 valence electrons. The first-order valence-corrected chi connectivity index (χ1v) is 7.88. The predicted molar refractivity (Wildman–Crippen MR) is 82.5 cm³/mol. The van der Waals surface area contributed by atoms with Gasteiger partial charge in [0.1, 0.15) is 6.04 Å². The Balaban J connectivity index is 1.76. The third-order valence-electron chi connectivity index (χ3n) is 3.95. The largest absolute Gasteiger partial charge is 0.389 e. The fourth-order valence-corrected chi connectivity index (χ4v) is 2.64. The molecule has 0 bridgehead atoms. The minimum Gasteiger partial charge on any atom is -0.389 e. The predicted octanol–water partition coefficient (Wildman–Crippen LogP) is -0.0143. The van der Waals surface area contributed by atoms with Gasteiger partial charge < -0.3 is 14.7 Å². The Morgan fingerprint density at radius 1 is 1.36 bits per heavy atom. The van der Waals surface area contributed by atoms with Gasteiger partial charge >= 0.3 is 0 Å². The number of hydrogen-bond acceptors (Lipinski definition) is 5. The van der Waals surface area contributed by atoms with Gasteiger partial charge in [0.05, 0.1) is 12.7 Å². The maximum atomic E-state index is 12.4. The van der Waals surface area contributed by atoms with Gasteiger partial charge in [-0.1, -0.05) is 0 Å². The highest BCUT2D eigenvalue weighted by molar-refractivity contribution is 5.80. The number of rotatable bonds is 7. The van der Waals surface area contributed by atoms with Crippen LogP contribution in [0.3, 0.4) is 0 Å². The zero-order chi connectivity index (χ0) is 15.9. The Morgan fingerprint density at radius 3 is 2.68 bits per heavy atom. The molecule has 1 amide bonds. The number of piperazine rings is 1. The lowest BCUT2D eigenvalue weighted by atomic mass is 10.2. The van der Waals surface area contributed by atoms with Crippen molar-refractivity contribution in [3.05, 3.63) is 18.5 Å². The average molecular weight is 310 g/mol. The topological polar surface area (TPSA) is 70.8 Å². The Hall–Kier alpha value is -1.44. The molecule has 1 aliphatic heterocycles. The van der Waals surface area contributed by atoms with Gasteiger partial charge in [0.25, 0.3) is 0 Å². The summed E-state index contributed by atoms with van der Waals surface area (Å²) in [6.45, 7) is 8.29. The molecular formula is C15H26N4O3. The van der Waals surface area contributed by atoms with Crippen LogP contribution in [0.2, 0.25) is 0 Å². The zero-order valence-electron chi connectivity index (χ0n) is 13.4. The lowest BCUT2D eigenvalue weighted by molar-refractivity contribution is -0.136. The van der Waals surface area contributed by atoms with E-state index in [1.807, 2.05) is 31.0 Å². The molecule has 1 aromatic rings. The van der Waals surface area contributed by atoms with Crippen LogP contribution < -0.4 is 0 Å². The van der Waals surface area contributed by atoms with Crippen molar-refractivity contribution in [2.45, 2.75) is 26.0 Å². The second-order valence-corrected chi connectivity index (χ2v) is 5.60. The highest BCUT2D eigenvalue weighted by atomic mass is 16.5. The molecule has 1 saturated heterocycles. The van der Waals surface area contributed by atoms with E-state index in [-0.39, 0.29) is 11.9 Å². The van der Waals surface area contributed by atoms with Crippen LogP contribution in [-0.2, 0) is 9.53 Å². The van der Waals surface area contributed by atoms with Crippen LogP contribution in [0.15, 0.2) is 18.5 Å². The van der Waals surface area contributed by atoms with E-state index < -0.39 is 6.10 Å². The molecule has 1 fully saturated rings. The number of aliphatic hydroxyl groups is 1. The highest BCUT2D eigenvalue weighted by Crippen LogP contribution is 2.11. The molecule has 0 spiro atoms. The minimum atomic E-state index is -0.467. The number of β-amino-alcohol motifs (C(OH)–C–C–N with tert-alkyl or cyclic N) is 1. The average Bonchev–Trinajstić information content (AvgIpc) is 3.06. The standard InChI is InChI=1S/C15H26N4O3/c1-3-22-12-14(20)11-17-7-9-18(10-8-17)15(21)13(2)19-6-4-5-16-19/h4-6,13-14,20H,3,7-12H2,1-2H3/t13-,14-/m1/s1. The fourth-order valence-electron chi connectivity index (χ4n) is 2.64. The van der Waals surface area contributed by atoms with Crippen molar-refractivity contribution >= 4 is 5.91 Å². The van der Waals surface area contributed by atoms with E-state index in [0.717, 1.165) is 13.1 Å². The van der Waals surface area contributed by atoms with Gasteiger partial charge in [-0.25, -0.2) is 0 Å². The Kier molecular flexibility index (Phi) is 6.35. The number of ether oxygens (including phenoxy) is 1. The zero-order valence-corrected chi connectivity index (χ0v) is 13.4. The Bertz CT molecular complexity index is 444. The van der Waals surface area contributed by atoms with E-state index in [4.69, 9.17) is 4.74 Å². The third-order valence-corrected chi connectivity index (χ3v) is 3.95. The number of amides is 1. The van der Waals surface area contributed by atoms with Crippen LogP contribution in [0.4, 0.5) is 0 Å². The van der Waals surface area contributed by atoms with Crippen molar-refractivity contribution in [3.63, 3.8) is 0 Å². The molecule has 7 nitrogen and oxygen atoms in total. The summed E-state index contributed by atoms with van der Waals surface area (Å²) in [6, 6.07) is 1.55. The number of carbonyl (C=O) groups excluding carboxylic acids is 1. The van der Waals surface area contributed by atoms with Crippen molar-refractivity contribution in [1.82, 2.24) is 19.6 Å². The van der Waals surface area contributed by atoms with Crippen molar-refractivity contribution < 1.29 is 14.6 Å². The van der Waals surface area contributed by atoms with Crippen LogP contribution in [0.5, 0.6) is 0 Å². The molecule has 22 heavy (non-hydrogen) atoms. The normalized spacial score (nSPS) is 19.1. The van der Waals surface area contributed by atoms with E-state index in [0.29, 0.717) is 32.8 Å². The van der Waals surface area contributed by atoms with Gasteiger partial charge in [-0.2, -0.15) is 5.10 Å². The second kappa shape index (κ2) is 8.26. The molecule has 0 aliphatic carbocycles. The molecule has 2 atom stereocenters. The SMILES string of the molecule is CCOC[C@H](O)CN1CCN(C(=O)[C@@H](C)n2cccn2)CC1. The smallest absolute Gasteiger partial charge is 0.247 e. The van der Waals surface area contributed by atoms with Crippen LogP contribution >= 0.6 is 0 Å². The van der Waals surface area contributed by atoms with Crippen LogP contribution in [0, 0.1) is 0 Å². The first-order valence-electron chi connectivity index (χ1n) is 7.88. The van der Waals surface area contributed by atoms with Crippen LogP contribution in [-0.4, -0.2) is 82.6 Å². The number of aromatic nitrogens is 2. The number of nitrogens with zero attached hydrogens (tertiary/aromatic N) is 4.